The van der Waals surface area contributed by atoms with Crippen LogP contribution < -0.4 is 10.6 Å². The fraction of sp³-hybridized carbons (Fsp3) is 0.375. The first-order valence-electron chi connectivity index (χ1n) is 7.43. The highest BCUT2D eigenvalue weighted by Gasteiger charge is 2.26. The molecule has 3 N–H and O–H groups in total. The van der Waals surface area contributed by atoms with Gasteiger partial charge in [0.15, 0.2) is 0 Å². The maximum atomic E-state index is 13.3. The van der Waals surface area contributed by atoms with E-state index in [9.17, 15) is 4.39 Å². The smallest absolute Gasteiger partial charge is 0.225 e. The van der Waals surface area contributed by atoms with E-state index >= 15 is 0 Å². The lowest BCUT2D eigenvalue weighted by Crippen LogP contribution is -2.21. The van der Waals surface area contributed by atoms with Crippen LogP contribution in [0.15, 0.2) is 30.3 Å². The van der Waals surface area contributed by atoms with Gasteiger partial charge < -0.3 is 15.7 Å². The van der Waals surface area contributed by atoms with Crippen molar-refractivity contribution in [2.45, 2.75) is 31.7 Å². The van der Waals surface area contributed by atoms with Crippen LogP contribution in [-0.4, -0.2) is 27.7 Å². The summed E-state index contributed by atoms with van der Waals surface area (Å²) in [5.41, 5.74) is 1.61. The van der Waals surface area contributed by atoms with Gasteiger partial charge in [-0.25, -0.2) is 9.37 Å². The van der Waals surface area contributed by atoms with Gasteiger partial charge in [-0.15, -0.1) is 0 Å². The number of nitrogens with one attached hydrogen (secondary N) is 2. The van der Waals surface area contributed by atoms with E-state index < -0.39 is 0 Å². The number of aliphatic hydroxyl groups is 1. The first kappa shape index (κ1) is 14.7. The molecular formula is C16H19FN4O. The van der Waals surface area contributed by atoms with Crippen molar-refractivity contribution in [1.29, 1.82) is 0 Å². The van der Waals surface area contributed by atoms with Crippen molar-refractivity contribution in [2.24, 2.45) is 0 Å². The van der Waals surface area contributed by atoms with Gasteiger partial charge >= 0.3 is 0 Å². The summed E-state index contributed by atoms with van der Waals surface area (Å²) in [7, 11) is 0. The van der Waals surface area contributed by atoms with Crippen LogP contribution in [0, 0.1) is 5.82 Å². The second-order valence-electron chi connectivity index (χ2n) is 5.64. The number of hydrogen-bond donors (Lipinski definition) is 3. The fourth-order valence-electron chi connectivity index (χ4n) is 2.16. The molecule has 1 aliphatic rings. The minimum atomic E-state index is -0.297. The molecule has 22 heavy (non-hydrogen) atoms. The fourth-order valence-corrected chi connectivity index (χ4v) is 2.16. The second kappa shape index (κ2) is 6.27. The van der Waals surface area contributed by atoms with Gasteiger partial charge in [0.1, 0.15) is 11.6 Å². The van der Waals surface area contributed by atoms with Gasteiger partial charge in [0.05, 0.1) is 12.3 Å². The van der Waals surface area contributed by atoms with Gasteiger partial charge in [-0.1, -0.05) is 6.07 Å². The normalized spacial score (nSPS) is 15.4. The zero-order valence-corrected chi connectivity index (χ0v) is 12.4. The van der Waals surface area contributed by atoms with Crippen molar-refractivity contribution >= 4 is 17.5 Å². The van der Waals surface area contributed by atoms with Crippen LogP contribution in [0.1, 0.15) is 31.4 Å². The first-order chi connectivity index (χ1) is 10.6. The predicted octanol–water partition coefficient (Wildman–Crippen LogP) is 3.03. The Balaban J connectivity index is 1.85. The summed E-state index contributed by atoms with van der Waals surface area (Å²) in [6, 6.07) is 8.02. The largest absolute Gasteiger partial charge is 0.394 e. The molecule has 6 heteroatoms. The van der Waals surface area contributed by atoms with Crippen molar-refractivity contribution in [2.75, 3.05) is 17.2 Å². The molecule has 5 nitrogen and oxygen atoms in total. The topological polar surface area (TPSA) is 70.1 Å². The van der Waals surface area contributed by atoms with Crippen LogP contribution in [0.5, 0.6) is 0 Å². The summed E-state index contributed by atoms with van der Waals surface area (Å²) in [6.07, 6.45) is 2.26. The quantitative estimate of drug-likeness (QED) is 0.765. The minimum Gasteiger partial charge on any atom is -0.394 e. The van der Waals surface area contributed by atoms with Gasteiger partial charge in [-0.05, 0) is 38.0 Å². The molecule has 0 bridgehead atoms. The SMILES string of the molecule is C[C@H](CO)Nc1nc(Nc2cccc(F)c2)cc(C2CC2)n1. The monoisotopic (exact) mass is 302 g/mol. The van der Waals surface area contributed by atoms with Crippen molar-refractivity contribution in [3.63, 3.8) is 0 Å². The Morgan fingerprint density at radius 3 is 2.82 bits per heavy atom. The summed E-state index contributed by atoms with van der Waals surface area (Å²) in [5.74, 6) is 1.27. The van der Waals surface area contributed by atoms with Gasteiger partial charge in [0.2, 0.25) is 5.95 Å². The van der Waals surface area contributed by atoms with E-state index in [1.54, 1.807) is 12.1 Å². The minimum absolute atomic E-state index is 0.00365. The lowest BCUT2D eigenvalue weighted by molar-refractivity contribution is 0.281. The van der Waals surface area contributed by atoms with E-state index in [0.717, 1.165) is 18.5 Å². The van der Waals surface area contributed by atoms with Crippen molar-refractivity contribution < 1.29 is 9.50 Å². The highest BCUT2D eigenvalue weighted by Crippen LogP contribution is 2.40. The molecule has 2 aromatic rings. The van der Waals surface area contributed by atoms with Crippen molar-refractivity contribution in [1.82, 2.24) is 9.97 Å². The van der Waals surface area contributed by atoms with Crippen LogP contribution in [0.4, 0.5) is 21.8 Å². The standard InChI is InChI=1S/C16H19FN4O/c1-10(9-22)18-16-20-14(11-5-6-11)8-15(21-16)19-13-4-2-3-12(17)7-13/h2-4,7-8,10-11,22H,5-6,9H2,1H3,(H2,18,19,20,21)/t10-/m1/s1. The maximum absolute atomic E-state index is 13.3. The third-order valence-electron chi connectivity index (χ3n) is 3.49. The van der Waals surface area contributed by atoms with Crippen LogP contribution in [0.2, 0.25) is 0 Å². The number of rotatable bonds is 6. The third-order valence-corrected chi connectivity index (χ3v) is 3.49. The van der Waals surface area contributed by atoms with E-state index in [4.69, 9.17) is 5.11 Å². The molecule has 0 unspecified atom stereocenters. The van der Waals surface area contributed by atoms with Crippen molar-refractivity contribution in [3.05, 3.63) is 41.8 Å². The number of hydrogen-bond acceptors (Lipinski definition) is 5. The first-order valence-corrected chi connectivity index (χ1v) is 7.43. The van der Waals surface area contributed by atoms with Gasteiger partial charge in [0.25, 0.3) is 0 Å². The highest BCUT2D eigenvalue weighted by molar-refractivity contribution is 5.58. The predicted molar refractivity (Wildman–Crippen MR) is 83.9 cm³/mol. The molecule has 0 saturated heterocycles. The second-order valence-corrected chi connectivity index (χ2v) is 5.64. The molecule has 116 valence electrons. The van der Waals surface area contributed by atoms with E-state index in [1.807, 2.05) is 13.0 Å². The summed E-state index contributed by atoms with van der Waals surface area (Å²) in [6.45, 7) is 1.86. The van der Waals surface area contributed by atoms with Gasteiger partial charge in [-0.2, -0.15) is 4.98 Å². The average molecular weight is 302 g/mol. The summed E-state index contributed by atoms with van der Waals surface area (Å²) in [5, 5.41) is 15.3. The zero-order chi connectivity index (χ0) is 15.5. The molecule has 3 rings (SSSR count). The molecule has 1 atom stereocenters. The summed E-state index contributed by atoms with van der Waals surface area (Å²) < 4.78 is 13.3. The Kier molecular flexibility index (Phi) is 4.20. The van der Waals surface area contributed by atoms with Crippen LogP contribution in [-0.2, 0) is 0 Å². The number of halogens is 1. The van der Waals surface area contributed by atoms with Crippen LogP contribution in [0.3, 0.4) is 0 Å². The lowest BCUT2D eigenvalue weighted by Gasteiger charge is -2.14. The molecular weight excluding hydrogens is 283 g/mol. The van der Waals surface area contributed by atoms with Crippen molar-refractivity contribution in [3.8, 4) is 0 Å². The Bertz CT molecular complexity index is 660. The summed E-state index contributed by atoms with van der Waals surface area (Å²) >= 11 is 0. The zero-order valence-electron chi connectivity index (χ0n) is 12.4. The molecule has 1 aliphatic carbocycles. The molecule has 1 fully saturated rings. The van der Waals surface area contributed by atoms with Crippen LogP contribution >= 0.6 is 0 Å². The molecule has 0 radical (unpaired) electrons. The number of aliphatic hydroxyl groups excluding tert-OH is 1. The molecule has 0 amide bonds. The molecule has 1 aromatic carbocycles. The number of anilines is 3. The molecule has 0 spiro atoms. The van der Waals surface area contributed by atoms with E-state index in [1.165, 1.54) is 12.1 Å². The number of benzene rings is 1. The average Bonchev–Trinajstić information content (AvgIpc) is 3.31. The Hall–Kier alpha value is -2.21. The van der Waals surface area contributed by atoms with E-state index in [2.05, 4.69) is 20.6 Å². The maximum Gasteiger partial charge on any atom is 0.225 e. The number of nitrogens with zero attached hydrogens (tertiary/aromatic N) is 2. The molecule has 1 saturated carbocycles. The Morgan fingerprint density at radius 2 is 2.14 bits per heavy atom. The van der Waals surface area contributed by atoms with E-state index in [0.29, 0.717) is 23.4 Å². The van der Waals surface area contributed by atoms with Crippen LogP contribution in [0.25, 0.3) is 0 Å². The summed E-state index contributed by atoms with van der Waals surface area (Å²) in [4.78, 5) is 8.88. The third kappa shape index (κ3) is 3.71. The highest BCUT2D eigenvalue weighted by atomic mass is 19.1. The Labute approximate surface area is 128 Å². The Morgan fingerprint density at radius 1 is 1.32 bits per heavy atom. The number of aromatic nitrogens is 2. The van der Waals surface area contributed by atoms with E-state index in [-0.39, 0.29) is 18.5 Å². The molecule has 0 aliphatic heterocycles. The van der Waals surface area contributed by atoms with Gasteiger partial charge in [0, 0.05) is 23.7 Å². The molecule has 1 aromatic heterocycles. The molecule has 1 heterocycles. The van der Waals surface area contributed by atoms with Gasteiger partial charge in [-0.3, -0.25) is 0 Å². The lowest BCUT2D eigenvalue weighted by atomic mass is 10.2.